The summed E-state index contributed by atoms with van der Waals surface area (Å²) in [7, 11) is -3.78. The molecule has 0 spiro atoms. The number of phenolic OH excluding ortho intramolecular Hbond substituents is 1. The Morgan fingerprint density at radius 3 is 2.41 bits per heavy atom. The summed E-state index contributed by atoms with van der Waals surface area (Å²) in [6, 6.07) is 20.5. The van der Waals surface area contributed by atoms with Gasteiger partial charge in [-0.15, -0.1) is 0 Å². The van der Waals surface area contributed by atoms with Crippen LogP contribution in [0.15, 0.2) is 82.8 Å². The highest BCUT2D eigenvalue weighted by atomic mass is 35.5. The van der Waals surface area contributed by atoms with E-state index in [-0.39, 0.29) is 16.7 Å². The van der Waals surface area contributed by atoms with Crippen LogP contribution in [0.2, 0.25) is 5.02 Å². The third-order valence-corrected chi connectivity index (χ3v) is 6.06. The molecule has 1 aliphatic heterocycles. The van der Waals surface area contributed by atoms with Crippen LogP contribution in [-0.2, 0) is 10.0 Å². The molecule has 0 saturated carbocycles. The van der Waals surface area contributed by atoms with Crippen molar-refractivity contribution >= 4 is 33.0 Å². The van der Waals surface area contributed by atoms with E-state index >= 15 is 0 Å². The summed E-state index contributed by atoms with van der Waals surface area (Å²) in [4.78, 5) is 0.0342. The Balaban J connectivity index is 1.78. The molecule has 0 fully saturated rings. The second-order valence-electron chi connectivity index (χ2n) is 6.72. The molecule has 1 atom stereocenters. The zero-order chi connectivity index (χ0) is 20.6. The molecular weight excluding hydrogens is 410 g/mol. The van der Waals surface area contributed by atoms with Crippen molar-refractivity contribution in [2.75, 3.05) is 5.01 Å². The van der Waals surface area contributed by atoms with Crippen molar-refractivity contribution in [3.8, 4) is 5.75 Å². The minimum atomic E-state index is -3.78. The molecule has 148 valence electrons. The smallest absolute Gasteiger partial charge is 0.238 e. The van der Waals surface area contributed by atoms with Crippen molar-refractivity contribution in [2.24, 2.45) is 10.2 Å². The number of sulfonamides is 1. The third-order valence-electron chi connectivity index (χ3n) is 4.78. The van der Waals surface area contributed by atoms with Crippen LogP contribution in [0.1, 0.15) is 23.6 Å². The van der Waals surface area contributed by atoms with Crippen molar-refractivity contribution < 1.29 is 13.5 Å². The van der Waals surface area contributed by atoms with Crippen molar-refractivity contribution in [3.63, 3.8) is 0 Å². The number of nitrogens with two attached hydrogens (primary N) is 1. The van der Waals surface area contributed by atoms with Crippen LogP contribution in [-0.4, -0.2) is 19.2 Å². The lowest BCUT2D eigenvalue weighted by atomic mass is 9.98. The standard InChI is InChI=1S/C21H18ClN3O3S/c22-19-7-2-1-6-18(19)21-13-20(14-4-3-5-16(26)12-14)24-25(21)15-8-10-17(11-9-15)29(23,27)28/h1-12,21,26H,13H2,(H2,23,27,28)/t21-/m0/s1. The van der Waals surface area contributed by atoms with E-state index in [2.05, 4.69) is 0 Å². The van der Waals surface area contributed by atoms with Gasteiger partial charge in [0.1, 0.15) is 5.75 Å². The molecule has 0 bridgehead atoms. The molecule has 0 radical (unpaired) electrons. The number of hydrazone groups is 1. The van der Waals surface area contributed by atoms with Crippen molar-refractivity contribution in [2.45, 2.75) is 17.4 Å². The predicted molar refractivity (Wildman–Crippen MR) is 114 cm³/mol. The van der Waals surface area contributed by atoms with Gasteiger partial charge in [-0.3, -0.25) is 5.01 Å². The van der Waals surface area contributed by atoms with E-state index in [1.54, 1.807) is 30.3 Å². The lowest BCUT2D eigenvalue weighted by molar-refractivity contribution is 0.475. The highest BCUT2D eigenvalue weighted by Crippen LogP contribution is 2.39. The van der Waals surface area contributed by atoms with Crippen LogP contribution in [0.5, 0.6) is 5.75 Å². The van der Waals surface area contributed by atoms with E-state index in [9.17, 15) is 13.5 Å². The topological polar surface area (TPSA) is 96.0 Å². The number of hydrogen-bond donors (Lipinski definition) is 2. The van der Waals surface area contributed by atoms with E-state index < -0.39 is 10.0 Å². The molecule has 0 saturated heterocycles. The Morgan fingerprint density at radius 1 is 1.03 bits per heavy atom. The lowest BCUT2D eigenvalue weighted by Gasteiger charge is -2.24. The zero-order valence-corrected chi connectivity index (χ0v) is 16.8. The molecule has 0 unspecified atom stereocenters. The number of halogens is 1. The minimum Gasteiger partial charge on any atom is -0.508 e. The Labute approximate surface area is 173 Å². The van der Waals surface area contributed by atoms with Gasteiger partial charge in [0.2, 0.25) is 10.0 Å². The fourth-order valence-electron chi connectivity index (χ4n) is 3.38. The minimum absolute atomic E-state index is 0.0342. The van der Waals surface area contributed by atoms with Crippen LogP contribution in [0.4, 0.5) is 5.69 Å². The van der Waals surface area contributed by atoms with Crippen molar-refractivity contribution in [1.82, 2.24) is 0 Å². The van der Waals surface area contributed by atoms with Gasteiger partial charge in [-0.1, -0.05) is 41.9 Å². The molecule has 6 nitrogen and oxygen atoms in total. The van der Waals surface area contributed by atoms with Gasteiger partial charge in [0.15, 0.2) is 0 Å². The molecule has 1 aliphatic rings. The number of primary sulfonamides is 1. The normalized spacial score (nSPS) is 16.7. The number of rotatable bonds is 4. The first-order valence-corrected chi connectivity index (χ1v) is 10.8. The first kappa shape index (κ1) is 19.4. The number of anilines is 1. The van der Waals surface area contributed by atoms with E-state index in [1.807, 2.05) is 35.3 Å². The molecule has 3 aromatic carbocycles. The van der Waals surface area contributed by atoms with E-state index in [4.69, 9.17) is 21.8 Å². The van der Waals surface area contributed by atoms with Gasteiger partial charge in [0, 0.05) is 17.0 Å². The summed E-state index contributed by atoms with van der Waals surface area (Å²) in [5.41, 5.74) is 3.22. The summed E-state index contributed by atoms with van der Waals surface area (Å²) >= 11 is 6.45. The molecular formula is C21H18ClN3O3S. The van der Waals surface area contributed by atoms with Crippen molar-refractivity contribution in [3.05, 3.63) is 88.9 Å². The Morgan fingerprint density at radius 2 is 1.76 bits per heavy atom. The van der Waals surface area contributed by atoms with Gasteiger partial charge < -0.3 is 5.11 Å². The molecule has 8 heteroatoms. The van der Waals surface area contributed by atoms with E-state index in [0.717, 1.165) is 16.8 Å². The first-order chi connectivity index (χ1) is 13.8. The number of benzene rings is 3. The maximum Gasteiger partial charge on any atom is 0.238 e. The number of nitrogens with zero attached hydrogens (tertiary/aromatic N) is 2. The van der Waals surface area contributed by atoms with Gasteiger partial charge in [-0.2, -0.15) is 5.10 Å². The average Bonchev–Trinajstić information content (AvgIpc) is 3.13. The Hall–Kier alpha value is -2.87. The monoisotopic (exact) mass is 427 g/mol. The molecule has 0 aliphatic carbocycles. The summed E-state index contributed by atoms with van der Waals surface area (Å²) in [5.74, 6) is 0.162. The molecule has 1 heterocycles. The zero-order valence-electron chi connectivity index (χ0n) is 15.2. The number of aromatic hydroxyl groups is 1. The predicted octanol–water partition coefficient (Wildman–Crippen LogP) is 4.05. The highest BCUT2D eigenvalue weighted by molar-refractivity contribution is 7.89. The number of hydrogen-bond acceptors (Lipinski definition) is 5. The van der Waals surface area contributed by atoms with E-state index in [1.165, 1.54) is 12.1 Å². The molecule has 3 aromatic rings. The van der Waals surface area contributed by atoms with E-state index in [0.29, 0.717) is 17.1 Å². The van der Waals surface area contributed by atoms with Gasteiger partial charge in [-0.05, 0) is 48.0 Å². The molecule has 29 heavy (non-hydrogen) atoms. The van der Waals surface area contributed by atoms with Crippen LogP contribution in [0.25, 0.3) is 0 Å². The van der Waals surface area contributed by atoms with Gasteiger partial charge in [0.05, 0.1) is 22.3 Å². The summed E-state index contributed by atoms with van der Waals surface area (Å²) in [6.07, 6.45) is 0.574. The van der Waals surface area contributed by atoms with Gasteiger partial charge in [-0.25, -0.2) is 13.6 Å². The van der Waals surface area contributed by atoms with Crippen LogP contribution < -0.4 is 10.1 Å². The molecule has 0 amide bonds. The average molecular weight is 428 g/mol. The fourth-order valence-corrected chi connectivity index (χ4v) is 4.16. The number of phenols is 1. The quantitative estimate of drug-likeness (QED) is 0.656. The van der Waals surface area contributed by atoms with Crippen LogP contribution in [0.3, 0.4) is 0 Å². The van der Waals surface area contributed by atoms with Crippen molar-refractivity contribution in [1.29, 1.82) is 0 Å². The lowest BCUT2D eigenvalue weighted by Crippen LogP contribution is -2.19. The molecule has 0 aromatic heterocycles. The Bertz CT molecular complexity index is 1190. The van der Waals surface area contributed by atoms with Crippen LogP contribution >= 0.6 is 11.6 Å². The van der Waals surface area contributed by atoms with Crippen LogP contribution in [0, 0.1) is 0 Å². The fraction of sp³-hybridized carbons (Fsp3) is 0.0952. The molecule has 3 N–H and O–H groups in total. The van der Waals surface area contributed by atoms with Gasteiger partial charge in [0.25, 0.3) is 0 Å². The largest absolute Gasteiger partial charge is 0.508 e. The highest BCUT2D eigenvalue weighted by Gasteiger charge is 2.31. The third kappa shape index (κ3) is 3.98. The summed E-state index contributed by atoms with van der Waals surface area (Å²) in [6.45, 7) is 0. The summed E-state index contributed by atoms with van der Waals surface area (Å²) < 4.78 is 23.1. The summed E-state index contributed by atoms with van der Waals surface area (Å²) in [5, 5.41) is 22.2. The SMILES string of the molecule is NS(=O)(=O)c1ccc(N2N=C(c3cccc(O)c3)C[C@H]2c2ccccc2Cl)cc1. The maximum atomic E-state index is 11.6. The molecule has 4 rings (SSSR count). The Kier molecular flexibility index (Phi) is 5.04. The van der Waals surface area contributed by atoms with Gasteiger partial charge >= 0.3 is 0 Å². The maximum absolute atomic E-state index is 11.6. The second-order valence-corrected chi connectivity index (χ2v) is 8.69. The second kappa shape index (κ2) is 7.51. The first-order valence-electron chi connectivity index (χ1n) is 8.86.